The summed E-state index contributed by atoms with van der Waals surface area (Å²) in [6.07, 6.45) is 0. The zero-order chi connectivity index (χ0) is 5.28. The average molecular weight is 120 g/mol. The highest BCUT2D eigenvalue weighted by Gasteiger charge is 1.89. The van der Waals surface area contributed by atoms with Crippen LogP contribution in [0.1, 0.15) is 0 Å². The first-order valence-corrected chi connectivity index (χ1v) is 1.88. The summed E-state index contributed by atoms with van der Waals surface area (Å²) >= 11 is 5.10. The Balaban J connectivity index is 3.30. The smallest absolute Gasteiger partial charge is 0.295 e. The molecule has 0 saturated carbocycles. The lowest BCUT2D eigenvalue weighted by Crippen LogP contribution is -1.92. The first-order chi connectivity index (χ1) is 3.29. The molecule has 0 amide bonds. The Bertz CT molecular complexity index is 201. The van der Waals surface area contributed by atoms with Crippen molar-refractivity contribution < 1.29 is 4.52 Å². The zero-order valence-electron chi connectivity index (χ0n) is 3.14. The van der Waals surface area contributed by atoms with E-state index >= 15 is 0 Å². The molecular weight excluding hydrogens is 119 g/mol. The molecule has 0 radical (unpaired) electrons. The van der Waals surface area contributed by atoms with Gasteiger partial charge in [-0.05, 0) is 16.8 Å². The van der Waals surface area contributed by atoms with Gasteiger partial charge in [0.25, 0.3) is 0 Å². The molecule has 1 aromatic heterocycles. The number of H-pyrrole nitrogens is 1. The van der Waals surface area contributed by atoms with E-state index in [4.69, 9.17) is 11.6 Å². The molecule has 0 aliphatic carbocycles. The van der Waals surface area contributed by atoms with Crippen LogP contribution in [0.15, 0.2) is 9.32 Å². The summed E-state index contributed by atoms with van der Waals surface area (Å²) in [6.45, 7) is 0. The number of aromatic amines is 1. The van der Waals surface area contributed by atoms with Crippen molar-refractivity contribution in [2.24, 2.45) is 0 Å². The normalized spacial score (nSPS) is 9.29. The topological polar surface area (TPSA) is 58.9 Å². The average Bonchev–Trinajstić information content (AvgIpc) is 1.87. The van der Waals surface area contributed by atoms with Crippen molar-refractivity contribution in [3.05, 3.63) is 15.8 Å². The Kier molecular flexibility index (Phi) is 0.867. The van der Waals surface area contributed by atoms with E-state index in [1.807, 2.05) is 0 Å². The first-order valence-electron chi connectivity index (χ1n) is 1.50. The van der Waals surface area contributed by atoms with E-state index in [1.54, 1.807) is 0 Å². The summed E-state index contributed by atoms with van der Waals surface area (Å²) in [5.74, 6) is -0.634. The highest BCUT2D eigenvalue weighted by Crippen LogP contribution is 1.89. The fourth-order valence-electron chi connectivity index (χ4n) is 0.211. The van der Waals surface area contributed by atoms with E-state index < -0.39 is 5.76 Å². The minimum Gasteiger partial charge on any atom is -0.295 e. The molecule has 0 bridgehead atoms. The van der Waals surface area contributed by atoms with Gasteiger partial charge in [0.05, 0.1) is 0 Å². The van der Waals surface area contributed by atoms with Gasteiger partial charge in [0.15, 0.2) is 0 Å². The molecule has 1 N–H and O–H groups in total. The lowest BCUT2D eigenvalue weighted by atomic mass is 11.3. The van der Waals surface area contributed by atoms with Crippen LogP contribution in [-0.2, 0) is 0 Å². The molecule has 0 spiro atoms. The van der Waals surface area contributed by atoms with Gasteiger partial charge in [-0.3, -0.25) is 9.51 Å². The minimum absolute atomic E-state index is 0.0231. The van der Waals surface area contributed by atoms with E-state index in [1.165, 1.54) is 0 Å². The van der Waals surface area contributed by atoms with Gasteiger partial charge in [-0.1, -0.05) is 0 Å². The molecule has 0 fully saturated rings. The first kappa shape index (κ1) is 4.39. The number of rotatable bonds is 0. The summed E-state index contributed by atoms with van der Waals surface area (Å²) in [5, 5.41) is 3.02. The quantitative estimate of drug-likeness (QED) is 0.525. The molecule has 7 heavy (non-hydrogen) atoms. The third-order valence-corrected chi connectivity index (χ3v) is 0.577. The lowest BCUT2D eigenvalue weighted by molar-refractivity contribution is 0.386. The van der Waals surface area contributed by atoms with Crippen LogP contribution >= 0.6 is 11.6 Å². The third-order valence-electron chi connectivity index (χ3n) is 0.414. The Morgan fingerprint density at radius 3 is 2.71 bits per heavy atom. The second-order valence-corrected chi connectivity index (χ2v) is 1.24. The van der Waals surface area contributed by atoms with Crippen molar-refractivity contribution in [1.29, 1.82) is 0 Å². The molecule has 0 aliphatic heterocycles. The Labute approximate surface area is 43.1 Å². The largest absolute Gasteiger partial charge is 0.439 e. The number of nitrogens with zero attached hydrogens (tertiary/aromatic N) is 1. The molecule has 0 aliphatic rings. The molecular formula is C2HClN2O2. The van der Waals surface area contributed by atoms with Crippen LogP contribution in [0, 0.1) is 0 Å². The van der Waals surface area contributed by atoms with Gasteiger partial charge in [-0.15, -0.1) is 0 Å². The van der Waals surface area contributed by atoms with Gasteiger partial charge in [0.2, 0.25) is 5.28 Å². The summed E-state index contributed by atoms with van der Waals surface area (Å²) in [6, 6.07) is 0. The molecule has 0 unspecified atom stereocenters. The van der Waals surface area contributed by atoms with Gasteiger partial charge >= 0.3 is 5.76 Å². The van der Waals surface area contributed by atoms with E-state index in [2.05, 4.69) is 14.7 Å². The molecule has 5 heteroatoms. The Hall–Kier alpha value is -0.770. The van der Waals surface area contributed by atoms with Crippen molar-refractivity contribution in [3.8, 4) is 0 Å². The number of halogens is 1. The number of aromatic nitrogens is 2. The maximum absolute atomic E-state index is 9.92. The van der Waals surface area contributed by atoms with Crippen molar-refractivity contribution in [2.45, 2.75) is 0 Å². The fraction of sp³-hybridized carbons (Fsp3) is 0. The maximum Gasteiger partial charge on any atom is 0.439 e. The second-order valence-electron chi connectivity index (χ2n) is 0.886. The van der Waals surface area contributed by atoms with E-state index in [0.717, 1.165) is 0 Å². The summed E-state index contributed by atoms with van der Waals surface area (Å²) in [7, 11) is 0. The maximum atomic E-state index is 9.92. The summed E-state index contributed by atoms with van der Waals surface area (Å²) in [4.78, 5) is 12.0. The highest BCUT2D eigenvalue weighted by molar-refractivity contribution is 6.28. The molecule has 0 aromatic carbocycles. The van der Waals surface area contributed by atoms with Crippen LogP contribution in [0.5, 0.6) is 0 Å². The summed E-state index contributed by atoms with van der Waals surface area (Å²) < 4.78 is 3.97. The number of nitrogens with one attached hydrogen (secondary N) is 1. The molecule has 4 nitrogen and oxygen atoms in total. The van der Waals surface area contributed by atoms with Gasteiger partial charge in [-0.25, -0.2) is 4.79 Å². The molecule has 1 rings (SSSR count). The Morgan fingerprint density at radius 1 is 1.86 bits per heavy atom. The zero-order valence-corrected chi connectivity index (χ0v) is 3.90. The van der Waals surface area contributed by atoms with Gasteiger partial charge in [0, 0.05) is 0 Å². The van der Waals surface area contributed by atoms with E-state index in [9.17, 15) is 4.79 Å². The van der Waals surface area contributed by atoms with Crippen molar-refractivity contribution in [1.82, 2.24) is 10.1 Å². The second kappa shape index (κ2) is 1.38. The van der Waals surface area contributed by atoms with Crippen molar-refractivity contribution in [2.75, 3.05) is 0 Å². The van der Waals surface area contributed by atoms with Gasteiger partial charge in [-0.2, -0.15) is 0 Å². The predicted molar refractivity (Wildman–Crippen MR) is 22.1 cm³/mol. The SMILES string of the molecule is O=c1[nH]c(Cl)no1. The predicted octanol–water partition coefficient (Wildman–Crippen LogP) is 0.0163. The van der Waals surface area contributed by atoms with E-state index in [-0.39, 0.29) is 5.28 Å². The monoisotopic (exact) mass is 120 g/mol. The van der Waals surface area contributed by atoms with Crippen LogP contribution in [0.2, 0.25) is 5.28 Å². The molecule has 1 heterocycles. The fourth-order valence-corrected chi connectivity index (χ4v) is 0.323. The summed E-state index contributed by atoms with van der Waals surface area (Å²) in [5.41, 5.74) is 0. The highest BCUT2D eigenvalue weighted by atomic mass is 35.5. The van der Waals surface area contributed by atoms with Crippen LogP contribution in [0.3, 0.4) is 0 Å². The van der Waals surface area contributed by atoms with Crippen LogP contribution in [0.4, 0.5) is 0 Å². The Morgan fingerprint density at radius 2 is 2.57 bits per heavy atom. The molecule has 1 aromatic rings. The van der Waals surface area contributed by atoms with Crippen LogP contribution < -0.4 is 5.76 Å². The van der Waals surface area contributed by atoms with Crippen molar-refractivity contribution in [3.63, 3.8) is 0 Å². The number of hydrogen-bond donors (Lipinski definition) is 1. The third kappa shape index (κ3) is 0.806. The molecule has 0 atom stereocenters. The molecule has 38 valence electrons. The number of hydrogen-bond acceptors (Lipinski definition) is 3. The van der Waals surface area contributed by atoms with Crippen LogP contribution in [-0.4, -0.2) is 10.1 Å². The minimum atomic E-state index is -0.634. The molecule has 0 saturated heterocycles. The van der Waals surface area contributed by atoms with Gasteiger partial charge < -0.3 is 0 Å². The van der Waals surface area contributed by atoms with E-state index in [0.29, 0.717) is 0 Å². The lowest BCUT2D eigenvalue weighted by Gasteiger charge is -1.58. The van der Waals surface area contributed by atoms with Crippen molar-refractivity contribution >= 4 is 11.6 Å². The van der Waals surface area contributed by atoms with Gasteiger partial charge in [0.1, 0.15) is 0 Å². The van der Waals surface area contributed by atoms with Crippen LogP contribution in [0.25, 0.3) is 0 Å². The standard InChI is InChI=1S/C2HClN2O2/c3-1-4-2(6)7-5-1/h(H,4,5,6).